The molecule has 1 saturated carbocycles. The molecule has 2 heterocycles. The molecule has 4 heteroatoms. The monoisotopic (exact) mass is 298 g/mol. The van der Waals surface area contributed by atoms with Crippen LogP contribution in [-0.4, -0.2) is 17.4 Å². The molecule has 0 bridgehead atoms. The van der Waals surface area contributed by atoms with Crippen molar-refractivity contribution in [2.24, 2.45) is 5.92 Å². The van der Waals surface area contributed by atoms with Crippen LogP contribution in [0.5, 0.6) is 0 Å². The Balaban J connectivity index is 1.67. The van der Waals surface area contributed by atoms with Crippen LogP contribution in [-0.2, 0) is 6.42 Å². The van der Waals surface area contributed by atoms with Gasteiger partial charge in [-0.3, -0.25) is 4.79 Å². The van der Waals surface area contributed by atoms with Crippen LogP contribution in [0.15, 0.2) is 35.7 Å². The number of amides is 1. The van der Waals surface area contributed by atoms with Crippen molar-refractivity contribution in [2.45, 2.75) is 25.3 Å². The SMILES string of the molecule is Nc1ccc(C(=O)N2CCc3sccc3C2C2CC2)cc1. The number of hydrogen-bond donors (Lipinski definition) is 1. The molecule has 4 rings (SSSR count). The molecule has 0 spiro atoms. The van der Waals surface area contributed by atoms with Crippen LogP contribution in [0.2, 0.25) is 0 Å². The Morgan fingerprint density at radius 1 is 1.19 bits per heavy atom. The zero-order valence-corrected chi connectivity index (χ0v) is 12.6. The van der Waals surface area contributed by atoms with Gasteiger partial charge in [-0.25, -0.2) is 0 Å². The van der Waals surface area contributed by atoms with Crippen molar-refractivity contribution in [2.75, 3.05) is 12.3 Å². The molecule has 2 aromatic rings. The molecule has 1 aliphatic heterocycles. The zero-order chi connectivity index (χ0) is 14.4. The quantitative estimate of drug-likeness (QED) is 0.863. The number of nitrogen functional groups attached to an aromatic ring is 1. The first-order chi connectivity index (χ1) is 10.2. The molecule has 21 heavy (non-hydrogen) atoms. The molecule has 1 aromatic heterocycles. The third-order valence-electron chi connectivity index (χ3n) is 4.50. The molecular formula is C17H18N2OS. The van der Waals surface area contributed by atoms with Crippen molar-refractivity contribution in [3.63, 3.8) is 0 Å². The summed E-state index contributed by atoms with van der Waals surface area (Å²) in [5.41, 5.74) is 8.55. The van der Waals surface area contributed by atoms with Crippen molar-refractivity contribution < 1.29 is 4.79 Å². The van der Waals surface area contributed by atoms with Gasteiger partial charge in [-0.05, 0) is 66.5 Å². The van der Waals surface area contributed by atoms with E-state index in [1.807, 2.05) is 23.5 Å². The normalized spacial score (nSPS) is 21.1. The minimum Gasteiger partial charge on any atom is -0.399 e. The molecule has 2 N–H and O–H groups in total. The predicted octanol–water partition coefficient (Wildman–Crippen LogP) is 3.48. The van der Waals surface area contributed by atoms with Gasteiger partial charge in [-0.15, -0.1) is 11.3 Å². The maximum atomic E-state index is 12.9. The van der Waals surface area contributed by atoms with E-state index in [9.17, 15) is 4.79 Å². The van der Waals surface area contributed by atoms with Gasteiger partial charge in [0.2, 0.25) is 0 Å². The molecule has 0 saturated heterocycles. The number of fused-ring (bicyclic) bond motifs is 1. The van der Waals surface area contributed by atoms with E-state index < -0.39 is 0 Å². The highest BCUT2D eigenvalue weighted by Crippen LogP contribution is 2.48. The minimum absolute atomic E-state index is 0.142. The van der Waals surface area contributed by atoms with E-state index in [-0.39, 0.29) is 11.9 Å². The highest BCUT2D eigenvalue weighted by atomic mass is 32.1. The van der Waals surface area contributed by atoms with Crippen LogP contribution in [0, 0.1) is 5.92 Å². The fraction of sp³-hybridized carbons (Fsp3) is 0.353. The van der Waals surface area contributed by atoms with E-state index in [4.69, 9.17) is 5.73 Å². The minimum atomic E-state index is 0.142. The third kappa shape index (κ3) is 2.23. The summed E-state index contributed by atoms with van der Waals surface area (Å²) in [6.07, 6.45) is 3.47. The number of carbonyl (C=O) groups is 1. The Kier molecular flexibility index (Phi) is 3.00. The van der Waals surface area contributed by atoms with Gasteiger partial charge in [-0.1, -0.05) is 0 Å². The van der Waals surface area contributed by atoms with Gasteiger partial charge in [0.15, 0.2) is 0 Å². The number of carbonyl (C=O) groups excluding carboxylic acids is 1. The summed E-state index contributed by atoms with van der Waals surface area (Å²) in [5.74, 6) is 0.792. The number of rotatable bonds is 2. The maximum Gasteiger partial charge on any atom is 0.254 e. The Morgan fingerprint density at radius 2 is 1.95 bits per heavy atom. The highest BCUT2D eigenvalue weighted by Gasteiger charge is 2.41. The first-order valence-corrected chi connectivity index (χ1v) is 8.35. The topological polar surface area (TPSA) is 46.3 Å². The second-order valence-electron chi connectivity index (χ2n) is 5.95. The lowest BCUT2D eigenvalue weighted by atomic mass is 9.95. The van der Waals surface area contributed by atoms with Crippen LogP contribution in [0.4, 0.5) is 5.69 Å². The average molecular weight is 298 g/mol. The van der Waals surface area contributed by atoms with Gasteiger partial charge in [0, 0.05) is 22.7 Å². The maximum absolute atomic E-state index is 12.9. The zero-order valence-electron chi connectivity index (χ0n) is 11.8. The smallest absolute Gasteiger partial charge is 0.254 e. The summed E-state index contributed by atoms with van der Waals surface area (Å²) in [6, 6.07) is 9.78. The van der Waals surface area contributed by atoms with Crippen molar-refractivity contribution in [3.05, 3.63) is 51.7 Å². The molecule has 1 aromatic carbocycles. The Morgan fingerprint density at radius 3 is 2.67 bits per heavy atom. The Bertz CT molecular complexity index is 672. The van der Waals surface area contributed by atoms with Gasteiger partial charge >= 0.3 is 0 Å². The fourth-order valence-electron chi connectivity index (χ4n) is 3.29. The summed E-state index contributed by atoms with van der Waals surface area (Å²) in [7, 11) is 0. The van der Waals surface area contributed by atoms with E-state index in [1.165, 1.54) is 23.3 Å². The number of nitrogens with zero attached hydrogens (tertiary/aromatic N) is 1. The molecule has 1 atom stereocenters. The number of anilines is 1. The standard InChI is InChI=1S/C17H18N2OS/c18-13-5-3-12(4-6-13)17(20)19-9-7-15-14(8-10-21-15)16(19)11-1-2-11/h3-6,8,10-11,16H,1-2,7,9,18H2. The van der Waals surface area contributed by atoms with Gasteiger partial charge in [-0.2, -0.15) is 0 Å². The van der Waals surface area contributed by atoms with Crippen molar-refractivity contribution in [3.8, 4) is 0 Å². The molecular weight excluding hydrogens is 280 g/mol. The van der Waals surface area contributed by atoms with E-state index >= 15 is 0 Å². The van der Waals surface area contributed by atoms with Crippen LogP contribution in [0.1, 0.15) is 39.7 Å². The fourth-order valence-corrected chi connectivity index (χ4v) is 4.20. The molecule has 2 aliphatic rings. The largest absolute Gasteiger partial charge is 0.399 e. The predicted molar refractivity (Wildman–Crippen MR) is 85.4 cm³/mol. The first kappa shape index (κ1) is 12.9. The first-order valence-electron chi connectivity index (χ1n) is 7.47. The van der Waals surface area contributed by atoms with E-state index in [0.29, 0.717) is 11.6 Å². The summed E-state index contributed by atoms with van der Waals surface area (Å²) in [5, 5.41) is 2.16. The summed E-state index contributed by atoms with van der Waals surface area (Å²) in [4.78, 5) is 16.4. The van der Waals surface area contributed by atoms with Crippen LogP contribution in [0.3, 0.4) is 0 Å². The molecule has 1 unspecified atom stereocenters. The molecule has 108 valence electrons. The summed E-state index contributed by atoms with van der Waals surface area (Å²) < 4.78 is 0. The average Bonchev–Trinajstić information content (AvgIpc) is 3.22. The number of nitrogens with two attached hydrogens (primary N) is 1. The summed E-state index contributed by atoms with van der Waals surface area (Å²) >= 11 is 1.83. The van der Waals surface area contributed by atoms with E-state index in [1.54, 1.807) is 12.1 Å². The summed E-state index contributed by atoms with van der Waals surface area (Å²) in [6.45, 7) is 0.831. The van der Waals surface area contributed by atoms with Crippen LogP contribution >= 0.6 is 11.3 Å². The molecule has 0 radical (unpaired) electrons. The third-order valence-corrected chi connectivity index (χ3v) is 5.50. The second-order valence-corrected chi connectivity index (χ2v) is 6.95. The molecule has 1 amide bonds. The van der Waals surface area contributed by atoms with E-state index in [0.717, 1.165) is 18.5 Å². The second kappa shape index (κ2) is 4.88. The number of benzene rings is 1. The van der Waals surface area contributed by atoms with Gasteiger partial charge < -0.3 is 10.6 Å². The van der Waals surface area contributed by atoms with Crippen LogP contribution < -0.4 is 5.73 Å². The lowest BCUT2D eigenvalue weighted by Gasteiger charge is -2.36. The lowest BCUT2D eigenvalue weighted by molar-refractivity contribution is 0.0637. The number of thiophene rings is 1. The highest BCUT2D eigenvalue weighted by molar-refractivity contribution is 7.10. The van der Waals surface area contributed by atoms with Gasteiger partial charge in [0.1, 0.15) is 0 Å². The van der Waals surface area contributed by atoms with Gasteiger partial charge in [0.25, 0.3) is 5.91 Å². The van der Waals surface area contributed by atoms with Crippen molar-refractivity contribution >= 4 is 22.9 Å². The van der Waals surface area contributed by atoms with Crippen molar-refractivity contribution in [1.29, 1.82) is 0 Å². The lowest BCUT2D eigenvalue weighted by Crippen LogP contribution is -2.40. The Hall–Kier alpha value is -1.81. The molecule has 3 nitrogen and oxygen atoms in total. The van der Waals surface area contributed by atoms with Crippen LogP contribution in [0.25, 0.3) is 0 Å². The van der Waals surface area contributed by atoms with Gasteiger partial charge in [0.05, 0.1) is 6.04 Å². The van der Waals surface area contributed by atoms with Crippen molar-refractivity contribution in [1.82, 2.24) is 4.90 Å². The molecule has 1 fully saturated rings. The number of hydrogen-bond acceptors (Lipinski definition) is 3. The Labute approximate surface area is 128 Å². The van der Waals surface area contributed by atoms with E-state index in [2.05, 4.69) is 16.3 Å². The molecule has 1 aliphatic carbocycles.